The Morgan fingerprint density at radius 3 is 2.55 bits per heavy atom. The number of rotatable bonds is 8. The molecule has 0 aliphatic carbocycles. The van der Waals surface area contributed by atoms with Gasteiger partial charge < -0.3 is 20.1 Å². The molecule has 1 aromatic carbocycles. The van der Waals surface area contributed by atoms with Gasteiger partial charge in [0.05, 0.1) is 18.6 Å². The molecule has 1 rings (SSSR count). The van der Waals surface area contributed by atoms with Crippen molar-refractivity contribution in [3.8, 4) is 11.5 Å². The fourth-order valence-electron chi connectivity index (χ4n) is 1.32. The number of phenols is 2. The molecule has 0 aliphatic heterocycles. The average Bonchev–Trinajstić information content (AvgIpc) is 2.40. The zero-order chi connectivity index (χ0) is 15.0. The Morgan fingerprint density at radius 2 is 1.90 bits per heavy atom. The first-order valence-corrected chi connectivity index (χ1v) is 7.15. The van der Waals surface area contributed by atoms with Crippen LogP contribution in [0.4, 0.5) is 0 Å². The minimum atomic E-state index is -0.823. The number of aliphatic carboxylic acids is 1. The Kier molecular flexibility index (Phi) is 6.72. The van der Waals surface area contributed by atoms with E-state index in [9.17, 15) is 14.7 Å². The van der Waals surface area contributed by atoms with E-state index in [0.29, 0.717) is 17.9 Å². The number of thioether (sulfide) groups is 1. The van der Waals surface area contributed by atoms with E-state index in [2.05, 4.69) is 0 Å². The zero-order valence-corrected chi connectivity index (χ0v) is 11.6. The Bertz CT molecular complexity index is 474. The first-order valence-electron chi connectivity index (χ1n) is 5.99. The molecule has 20 heavy (non-hydrogen) atoms. The summed E-state index contributed by atoms with van der Waals surface area (Å²) in [5.41, 5.74) is 0.166. The summed E-state index contributed by atoms with van der Waals surface area (Å²) < 4.78 is 4.99. The van der Waals surface area contributed by atoms with Crippen molar-refractivity contribution in [3.05, 3.63) is 23.8 Å². The maximum atomic E-state index is 11.6. The molecule has 0 radical (unpaired) electrons. The van der Waals surface area contributed by atoms with E-state index in [1.165, 1.54) is 23.9 Å². The number of carboxylic acid groups (broad SMARTS) is 1. The van der Waals surface area contributed by atoms with Crippen LogP contribution >= 0.6 is 11.8 Å². The lowest BCUT2D eigenvalue weighted by Gasteiger charge is -2.05. The summed E-state index contributed by atoms with van der Waals surface area (Å²) in [6.07, 6.45) is 0.747. The Hall–Kier alpha value is -1.89. The van der Waals surface area contributed by atoms with Gasteiger partial charge in [0.2, 0.25) is 0 Å². The Labute approximate surface area is 120 Å². The number of hydrogen-bond acceptors (Lipinski definition) is 6. The van der Waals surface area contributed by atoms with E-state index < -0.39 is 11.9 Å². The minimum absolute atomic E-state index is 0.122. The van der Waals surface area contributed by atoms with Crippen LogP contribution in [-0.2, 0) is 9.53 Å². The topological polar surface area (TPSA) is 104 Å². The van der Waals surface area contributed by atoms with Crippen LogP contribution in [0.5, 0.6) is 11.5 Å². The van der Waals surface area contributed by atoms with Crippen LogP contribution in [0.25, 0.3) is 0 Å². The monoisotopic (exact) mass is 300 g/mol. The number of carbonyl (C=O) groups excluding carboxylic acids is 1. The highest BCUT2D eigenvalue weighted by Gasteiger charge is 2.09. The molecule has 0 amide bonds. The lowest BCUT2D eigenvalue weighted by molar-refractivity contribution is -0.136. The van der Waals surface area contributed by atoms with Gasteiger partial charge in [0, 0.05) is 5.75 Å². The van der Waals surface area contributed by atoms with Crippen LogP contribution < -0.4 is 0 Å². The van der Waals surface area contributed by atoms with E-state index in [-0.39, 0.29) is 30.1 Å². The number of aromatic hydroxyl groups is 2. The van der Waals surface area contributed by atoms with Gasteiger partial charge in [-0.15, -0.1) is 0 Å². The highest BCUT2D eigenvalue weighted by atomic mass is 32.2. The van der Waals surface area contributed by atoms with E-state index in [1.807, 2.05) is 0 Å². The number of benzene rings is 1. The van der Waals surface area contributed by atoms with E-state index in [0.717, 1.165) is 6.07 Å². The second-order valence-electron chi connectivity index (χ2n) is 3.95. The molecule has 0 saturated heterocycles. The number of phenolic OH excluding ortho intramolecular Hbond substituents is 2. The summed E-state index contributed by atoms with van der Waals surface area (Å²) in [5.74, 6) is -0.816. The summed E-state index contributed by atoms with van der Waals surface area (Å²) in [4.78, 5) is 21.9. The van der Waals surface area contributed by atoms with Crippen molar-refractivity contribution < 1.29 is 29.6 Å². The molecule has 0 bridgehead atoms. The van der Waals surface area contributed by atoms with Crippen molar-refractivity contribution in [3.63, 3.8) is 0 Å². The first kappa shape index (κ1) is 16.2. The quantitative estimate of drug-likeness (QED) is 0.382. The number of carbonyl (C=O) groups is 2. The summed E-state index contributed by atoms with van der Waals surface area (Å²) in [6.45, 7) is 0.223. The van der Waals surface area contributed by atoms with Gasteiger partial charge in [-0.25, -0.2) is 4.79 Å². The third kappa shape index (κ3) is 5.83. The average molecular weight is 300 g/mol. The maximum Gasteiger partial charge on any atom is 0.338 e. The van der Waals surface area contributed by atoms with Crippen LogP contribution in [0.3, 0.4) is 0 Å². The fourth-order valence-corrected chi connectivity index (χ4v) is 2.17. The standard InChI is InChI=1S/C13H16O6S/c14-10-3-2-9(8-11(10)15)13(18)19-5-1-6-20-7-4-12(16)17/h2-3,8,14-15H,1,4-7H2,(H,16,17). The van der Waals surface area contributed by atoms with Crippen LogP contribution in [0.1, 0.15) is 23.2 Å². The van der Waals surface area contributed by atoms with Crippen molar-refractivity contribution in [2.24, 2.45) is 0 Å². The molecule has 7 heteroatoms. The van der Waals surface area contributed by atoms with Crippen LogP contribution in [0.15, 0.2) is 18.2 Å². The summed E-state index contributed by atoms with van der Waals surface area (Å²) >= 11 is 1.49. The summed E-state index contributed by atoms with van der Waals surface area (Å²) in [7, 11) is 0. The third-order valence-corrected chi connectivity index (χ3v) is 3.41. The van der Waals surface area contributed by atoms with Gasteiger partial charge in [-0.3, -0.25) is 4.79 Å². The SMILES string of the molecule is O=C(O)CCSCCCOC(=O)c1ccc(O)c(O)c1. The molecule has 3 N–H and O–H groups in total. The van der Waals surface area contributed by atoms with Crippen LogP contribution in [0.2, 0.25) is 0 Å². The molecule has 0 unspecified atom stereocenters. The first-order chi connectivity index (χ1) is 9.50. The van der Waals surface area contributed by atoms with Gasteiger partial charge in [0.1, 0.15) is 0 Å². The Morgan fingerprint density at radius 1 is 1.15 bits per heavy atom. The lowest BCUT2D eigenvalue weighted by atomic mass is 10.2. The molecule has 1 aromatic rings. The van der Waals surface area contributed by atoms with Gasteiger partial charge in [0.15, 0.2) is 11.5 Å². The Balaban J connectivity index is 2.20. The number of esters is 1. The van der Waals surface area contributed by atoms with Gasteiger partial charge >= 0.3 is 11.9 Å². The second-order valence-corrected chi connectivity index (χ2v) is 5.17. The lowest BCUT2D eigenvalue weighted by Crippen LogP contribution is -2.07. The van der Waals surface area contributed by atoms with E-state index >= 15 is 0 Å². The zero-order valence-electron chi connectivity index (χ0n) is 10.7. The smallest absolute Gasteiger partial charge is 0.338 e. The third-order valence-electron chi connectivity index (χ3n) is 2.34. The highest BCUT2D eigenvalue weighted by molar-refractivity contribution is 7.99. The molecule has 0 saturated carbocycles. The molecule has 6 nitrogen and oxygen atoms in total. The van der Waals surface area contributed by atoms with E-state index in [1.54, 1.807) is 0 Å². The molecular formula is C13H16O6S. The molecule has 0 atom stereocenters. The molecule has 0 heterocycles. The van der Waals surface area contributed by atoms with Gasteiger partial charge in [-0.1, -0.05) is 0 Å². The van der Waals surface area contributed by atoms with Crippen molar-refractivity contribution in [2.45, 2.75) is 12.8 Å². The van der Waals surface area contributed by atoms with Crippen molar-refractivity contribution in [2.75, 3.05) is 18.1 Å². The largest absolute Gasteiger partial charge is 0.504 e. The predicted octanol–water partition coefficient (Wildman–Crippen LogP) is 1.85. The number of ether oxygens (including phenoxy) is 1. The second kappa shape index (κ2) is 8.31. The van der Waals surface area contributed by atoms with Gasteiger partial charge in [-0.05, 0) is 30.4 Å². The molecule has 0 aromatic heterocycles. The predicted molar refractivity (Wildman–Crippen MR) is 74.2 cm³/mol. The normalized spacial score (nSPS) is 10.2. The molecule has 110 valence electrons. The molecule has 0 spiro atoms. The van der Waals surface area contributed by atoms with Crippen LogP contribution in [-0.4, -0.2) is 45.4 Å². The van der Waals surface area contributed by atoms with Gasteiger partial charge in [0.25, 0.3) is 0 Å². The van der Waals surface area contributed by atoms with Crippen molar-refractivity contribution in [1.82, 2.24) is 0 Å². The van der Waals surface area contributed by atoms with Crippen LogP contribution in [0, 0.1) is 0 Å². The number of hydrogen-bond donors (Lipinski definition) is 3. The van der Waals surface area contributed by atoms with Crippen molar-refractivity contribution in [1.29, 1.82) is 0 Å². The summed E-state index contributed by atoms with van der Waals surface area (Å²) in [5, 5.41) is 26.8. The number of carboxylic acids is 1. The summed E-state index contributed by atoms with van der Waals surface area (Å²) in [6, 6.07) is 3.71. The van der Waals surface area contributed by atoms with E-state index in [4.69, 9.17) is 14.9 Å². The molecular weight excluding hydrogens is 284 g/mol. The highest BCUT2D eigenvalue weighted by Crippen LogP contribution is 2.25. The molecule has 0 fully saturated rings. The minimum Gasteiger partial charge on any atom is -0.504 e. The maximum absolute atomic E-state index is 11.6. The van der Waals surface area contributed by atoms with Crippen molar-refractivity contribution >= 4 is 23.7 Å². The fraction of sp³-hybridized carbons (Fsp3) is 0.385. The molecule has 0 aliphatic rings. The van der Waals surface area contributed by atoms with Gasteiger partial charge in [-0.2, -0.15) is 11.8 Å².